The zero-order chi connectivity index (χ0) is 20.4. The van der Waals surface area contributed by atoms with Crippen molar-refractivity contribution in [1.82, 2.24) is 14.7 Å². The Kier molecular flexibility index (Phi) is 5.34. The third kappa shape index (κ3) is 3.88. The highest BCUT2D eigenvalue weighted by molar-refractivity contribution is 5.94. The minimum Gasteiger partial charge on any atom is -0.497 e. The molecule has 0 radical (unpaired) electrons. The van der Waals surface area contributed by atoms with Gasteiger partial charge >= 0.3 is 0 Å². The van der Waals surface area contributed by atoms with Crippen LogP contribution in [0.3, 0.4) is 0 Å². The van der Waals surface area contributed by atoms with Crippen LogP contribution in [-0.2, 0) is 19.4 Å². The molecule has 0 fully saturated rings. The smallest absolute Gasteiger partial charge is 0.274 e. The van der Waals surface area contributed by atoms with Gasteiger partial charge in [0.25, 0.3) is 5.91 Å². The van der Waals surface area contributed by atoms with E-state index in [1.54, 1.807) is 31.2 Å². The van der Waals surface area contributed by atoms with Gasteiger partial charge in [-0.15, -0.1) is 0 Å². The van der Waals surface area contributed by atoms with Crippen molar-refractivity contribution in [2.24, 2.45) is 0 Å². The molecule has 2 aromatic carbocycles. The number of hydrogen-bond donors (Lipinski definition) is 0. The van der Waals surface area contributed by atoms with E-state index >= 15 is 0 Å². The normalized spacial score (nSPS) is 13.1. The van der Waals surface area contributed by atoms with Crippen molar-refractivity contribution in [2.75, 3.05) is 14.2 Å². The number of benzene rings is 2. The maximum atomic E-state index is 13.3. The molecule has 0 atom stereocenters. The van der Waals surface area contributed by atoms with Gasteiger partial charge in [0, 0.05) is 24.8 Å². The second-order valence-electron chi connectivity index (χ2n) is 7.38. The van der Waals surface area contributed by atoms with E-state index in [-0.39, 0.29) is 11.7 Å². The number of hydrogen-bond acceptors (Lipinski definition) is 3. The van der Waals surface area contributed by atoms with Crippen LogP contribution in [0.1, 0.15) is 40.2 Å². The second-order valence-corrected chi connectivity index (χ2v) is 7.38. The second kappa shape index (κ2) is 8.07. The van der Waals surface area contributed by atoms with Gasteiger partial charge in [-0.3, -0.25) is 4.79 Å². The van der Waals surface area contributed by atoms with Crippen LogP contribution < -0.4 is 4.74 Å². The molecule has 4 rings (SSSR count). The van der Waals surface area contributed by atoms with Crippen LogP contribution in [-0.4, -0.2) is 34.7 Å². The summed E-state index contributed by atoms with van der Waals surface area (Å²) >= 11 is 0. The van der Waals surface area contributed by atoms with Crippen LogP contribution >= 0.6 is 0 Å². The Morgan fingerprint density at radius 1 is 1.10 bits per heavy atom. The van der Waals surface area contributed by atoms with Crippen molar-refractivity contribution in [3.05, 3.63) is 76.9 Å². The van der Waals surface area contributed by atoms with Gasteiger partial charge in [-0.05, 0) is 67.6 Å². The predicted molar refractivity (Wildman–Crippen MR) is 109 cm³/mol. The largest absolute Gasteiger partial charge is 0.497 e. The van der Waals surface area contributed by atoms with Gasteiger partial charge in [0.05, 0.1) is 12.8 Å². The van der Waals surface area contributed by atoms with E-state index in [0.717, 1.165) is 53.9 Å². The van der Waals surface area contributed by atoms with E-state index in [1.165, 1.54) is 12.1 Å². The predicted octanol–water partition coefficient (Wildman–Crippen LogP) is 4.17. The van der Waals surface area contributed by atoms with Crippen molar-refractivity contribution < 1.29 is 13.9 Å². The molecule has 1 amide bonds. The standard InChI is InChI=1S/C23H24FN3O2/c1-26(15-16-7-13-19(29-2)14-8-16)23(28)22-20-5-3-4-6-21(20)27(25-22)18-11-9-17(24)10-12-18/h7-14H,3-6,15H2,1-2H3. The number of fused-ring (bicyclic) bond motifs is 1. The highest BCUT2D eigenvalue weighted by Crippen LogP contribution is 2.28. The number of amides is 1. The molecular weight excluding hydrogens is 369 g/mol. The number of methoxy groups -OCH3 is 1. The minimum atomic E-state index is -0.287. The number of rotatable bonds is 5. The first-order valence-electron chi connectivity index (χ1n) is 9.82. The first kappa shape index (κ1) is 19.2. The number of carbonyl (C=O) groups is 1. The molecule has 29 heavy (non-hydrogen) atoms. The highest BCUT2D eigenvalue weighted by Gasteiger charge is 2.27. The molecule has 1 aliphatic carbocycles. The Labute approximate surface area is 169 Å². The molecular formula is C23H24FN3O2. The van der Waals surface area contributed by atoms with Crippen molar-refractivity contribution in [1.29, 1.82) is 0 Å². The maximum Gasteiger partial charge on any atom is 0.274 e. The fourth-order valence-electron chi connectivity index (χ4n) is 3.82. The van der Waals surface area contributed by atoms with Crippen molar-refractivity contribution in [2.45, 2.75) is 32.2 Å². The number of nitrogens with zero attached hydrogens (tertiary/aromatic N) is 3. The van der Waals surface area contributed by atoms with Crippen molar-refractivity contribution >= 4 is 5.91 Å². The molecule has 150 valence electrons. The van der Waals surface area contributed by atoms with E-state index in [9.17, 15) is 9.18 Å². The molecule has 0 spiro atoms. The quantitative estimate of drug-likeness (QED) is 0.654. The third-order valence-corrected chi connectivity index (χ3v) is 5.38. The Bertz CT molecular complexity index is 1010. The van der Waals surface area contributed by atoms with Crippen LogP contribution in [0.15, 0.2) is 48.5 Å². The number of carbonyl (C=O) groups excluding carboxylic acids is 1. The summed E-state index contributed by atoms with van der Waals surface area (Å²) in [7, 11) is 3.42. The Balaban J connectivity index is 1.62. The SMILES string of the molecule is COc1ccc(CN(C)C(=O)c2nn(-c3ccc(F)cc3)c3c2CCCC3)cc1. The zero-order valence-corrected chi connectivity index (χ0v) is 16.7. The van der Waals surface area contributed by atoms with Crippen LogP contribution in [0.2, 0.25) is 0 Å². The number of halogens is 1. The van der Waals surface area contributed by atoms with Gasteiger partial charge in [0.1, 0.15) is 11.6 Å². The summed E-state index contributed by atoms with van der Waals surface area (Å²) < 4.78 is 20.3. The van der Waals surface area contributed by atoms with E-state index in [0.29, 0.717) is 12.2 Å². The van der Waals surface area contributed by atoms with Gasteiger partial charge in [0.15, 0.2) is 5.69 Å². The van der Waals surface area contributed by atoms with E-state index in [2.05, 4.69) is 5.10 Å². The van der Waals surface area contributed by atoms with Gasteiger partial charge in [-0.25, -0.2) is 9.07 Å². The molecule has 0 N–H and O–H groups in total. The van der Waals surface area contributed by atoms with Gasteiger partial charge < -0.3 is 9.64 Å². The van der Waals surface area contributed by atoms with E-state index in [1.807, 2.05) is 28.9 Å². The molecule has 5 nitrogen and oxygen atoms in total. The fourth-order valence-corrected chi connectivity index (χ4v) is 3.82. The van der Waals surface area contributed by atoms with Crippen molar-refractivity contribution in [3.63, 3.8) is 0 Å². The molecule has 0 bridgehead atoms. The number of ether oxygens (including phenoxy) is 1. The molecule has 1 heterocycles. The Morgan fingerprint density at radius 3 is 2.48 bits per heavy atom. The summed E-state index contributed by atoms with van der Waals surface area (Å²) in [5.41, 5.74) is 4.38. The molecule has 0 saturated carbocycles. The zero-order valence-electron chi connectivity index (χ0n) is 16.7. The maximum absolute atomic E-state index is 13.3. The first-order chi connectivity index (χ1) is 14.1. The first-order valence-corrected chi connectivity index (χ1v) is 9.82. The lowest BCUT2D eigenvalue weighted by atomic mass is 9.95. The molecule has 1 aliphatic rings. The third-order valence-electron chi connectivity index (χ3n) is 5.38. The average Bonchev–Trinajstić information content (AvgIpc) is 3.14. The highest BCUT2D eigenvalue weighted by atomic mass is 19.1. The fraction of sp³-hybridized carbons (Fsp3) is 0.304. The Hall–Kier alpha value is -3.15. The van der Waals surface area contributed by atoms with Gasteiger partial charge in [-0.1, -0.05) is 12.1 Å². The minimum absolute atomic E-state index is 0.0974. The summed E-state index contributed by atoms with van der Waals surface area (Å²) in [4.78, 5) is 14.9. The summed E-state index contributed by atoms with van der Waals surface area (Å²) in [5.74, 6) is 0.403. The van der Waals surface area contributed by atoms with Crippen LogP contribution in [0.5, 0.6) is 5.75 Å². The van der Waals surface area contributed by atoms with Crippen LogP contribution in [0, 0.1) is 5.82 Å². The van der Waals surface area contributed by atoms with E-state index in [4.69, 9.17) is 4.74 Å². The van der Waals surface area contributed by atoms with Crippen LogP contribution in [0.4, 0.5) is 4.39 Å². The lowest BCUT2D eigenvalue weighted by Gasteiger charge is -2.18. The molecule has 3 aromatic rings. The molecule has 0 unspecified atom stereocenters. The average molecular weight is 393 g/mol. The summed E-state index contributed by atoms with van der Waals surface area (Å²) in [5, 5.41) is 4.66. The lowest BCUT2D eigenvalue weighted by Crippen LogP contribution is -2.27. The lowest BCUT2D eigenvalue weighted by molar-refractivity contribution is 0.0777. The molecule has 6 heteroatoms. The Morgan fingerprint density at radius 2 is 1.79 bits per heavy atom. The summed E-state index contributed by atoms with van der Waals surface area (Å²) in [6, 6.07) is 13.9. The number of aromatic nitrogens is 2. The van der Waals surface area contributed by atoms with Crippen molar-refractivity contribution in [3.8, 4) is 11.4 Å². The van der Waals surface area contributed by atoms with Gasteiger partial charge in [0.2, 0.25) is 0 Å². The monoisotopic (exact) mass is 393 g/mol. The summed E-state index contributed by atoms with van der Waals surface area (Å²) in [6.07, 6.45) is 3.82. The molecule has 1 aromatic heterocycles. The topological polar surface area (TPSA) is 47.4 Å². The van der Waals surface area contributed by atoms with Gasteiger partial charge in [-0.2, -0.15) is 5.10 Å². The van der Waals surface area contributed by atoms with E-state index < -0.39 is 0 Å². The van der Waals surface area contributed by atoms with Crippen LogP contribution in [0.25, 0.3) is 5.69 Å². The molecule has 0 aliphatic heterocycles. The summed E-state index contributed by atoms with van der Waals surface area (Å²) in [6.45, 7) is 0.487. The molecule has 0 saturated heterocycles.